The van der Waals surface area contributed by atoms with E-state index in [9.17, 15) is 9.59 Å². The molecule has 1 aliphatic heterocycles. The van der Waals surface area contributed by atoms with Crippen molar-refractivity contribution in [3.8, 4) is 11.4 Å². The number of carbonyl (C=O) groups excluding carboxylic acids is 1. The van der Waals surface area contributed by atoms with Crippen LogP contribution in [-0.2, 0) is 4.79 Å². The maximum Gasteiger partial charge on any atom is 0.259 e. The number of nitrogens with zero attached hydrogens (tertiary/aromatic N) is 2. The van der Waals surface area contributed by atoms with E-state index in [1.54, 1.807) is 11.0 Å². The van der Waals surface area contributed by atoms with E-state index >= 15 is 0 Å². The van der Waals surface area contributed by atoms with Gasteiger partial charge in [0.05, 0.1) is 10.9 Å². The van der Waals surface area contributed by atoms with Crippen LogP contribution in [0.15, 0.2) is 53.3 Å². The number of rotatable bonds is 2. The summed E-state index contributed by atoms with van der Waals surface area (Å²) in [5, 5.41) is 0.579. The predicted octanol–water partition coefficient (Wildman–Crippen LogP) is 2.72. The molecule has 4 rings (SSSR count). The fraction of sp³-hybridized carbons (Fsp3) is 0.167. The summed E-state index contributed by atoms with van der Waals surface area (Å²) < 4.78 is 0. The van der Waals surface area contributed by atoms with Crippen LogP contribution in [0.2, 0.25) is 0 Å². The van der Waals surface area contributed by atoms with E-state index in [0.29, 0.717) is 23.1 Å². The molecule has 0 saturated carbocycles. The molecule has 114 valence electrons. The average molecular weight is 305 g/mol. The molecule has 23 heavy (non-hydrogen) atoms. The number of nitrogens with one attached hydrogen (secondary N) is 1. The van der Waals surface area contributed by atoms with E-state index in [2.05, 4.69) is 9.97 Å². The van der Waals surface area contributed by atoms with Gasteiger partial charge in [-0.25, -0.2) is 4.98 Å². The lowest BCUT2D eigenvalue weighted by atomic mass is 10.1. The Morgan fingerprint density at radius 2 is 1.78 bits per heavy atom. The first-order valence-electron chi connectivity index (χ1n) is 7.62. The number of carbonyl (C=O) groups is 1. The molecule has 1 aliphatic rings. The van der Waals surface area contributed by atoms with Gasteiger partial charge in [0, 0.05) is 24.2 Å². The van der Waals surface area contributed by atoms with Crippen molar-refractivity contribution in [2.45, 2.75) is 12.8 Å². The Hall–Kier alpha value is -2.95. The molecule has 1 fully saturated rings. The van der Waals surface area contributed by atoms with E-state index in [1.165, 1.54) is 0 Å². The van der Waals surface area contributed by atoms with Crippen LogP contribution in [0.5, 0.6) is 0 Å². The summed E-state index contributed by atoms with van der Waals surface area (Å²) >= 11 is 0. The van der Waals surface area contributed by atoms with Crippen LogP contribution in [-0.4, -0.2) is 22.4 Å². The SMILES string of the molecule is O=C1CCCN1c1ccc(-c2nc3ccccc3c(=O)[nH]2)cc1. The van der Waals surface area contributed by atoms with Gasteiger partial charge in [0.1, 0.15) is 5.82 Å². The van der Waals surface area contributed by atoms with Gasteiger partial charge in [-0.2, -0.15) is 0 Å². The zero-order valence-electron chi connectivity index (χ0n) is 12.5. The molecule has 0 bridgehead atoms. The zero-order chi connectivity index (χ0) is 15.8. The van der Waals surface area contributed by atoms with Gasteiger partial charge in [-0.3, -0.25) is 9.59 Å². The van der Waals surface area contributed by atoms with E-state index in [4.69, 9.17) is 0 Å². The monoisotopic (exact) mass is 305 g/mol. The molecule has 2 heterocycles. The molecule has 1 aromatic heterocycles. The van der Waals surface area contributed by atoms with Crippen molar-refractivity contribution < 1.29 is 4.79 Å². The Morgan fingerprint density at radius 1 is 1.00 bits per heavy atom. The van der Waals surface area contributed by atoms with Gasteiger partial charge in [0.15, 0.2) is 0 Å². The first kappa shape index (κ1) is 13.7. The molecular formula is C18H15N3O2. The molecule has 0 radical (unpaired) electrons. The van der Waals surface area contributed by atoms with Crippen LogP contribution < -0.4 is 10.5 Å². The Kier molecular flexibility index (Phi) is 3.19. The van der Waals surface area contributed by atoms with Crippen molar-refractivity contribution >= 4 is 22.5 Å². The molecule has 2 aromatic carbocycles. The second kappa shape index (κ2) is 5.35. The van der Waals surface area contributed by atoms with Crippen molar-refractivity contribution in [3.05, 3.63) is 58.9 Å². The summed E-state index contributed by atoms with van der Waals surface area (Å²) in [7, 11) is 0. The molecule has 5 heteroatoms. The first-order chi connectivity index (χ1) is 11.2. The predicted molar refractivity (Wildman–Crippen MR) is 89.4 cm³/mol. The third-order valence-electron chi connectivity index (χ3n) is 4.14. The quantitative estimate of drug-likeness (QED) is 0.791. The van der Waals surface area contributed by atoms with E-state index in [1.807, 2.05) is 42.5 Å². The lowest BCUT2D eigenvalue weighted by Gasteiger charge is -2.15. The minimum Gasteiger partial charge on any atom is -0.312 e. The third kappa shape index (κ3) is 2.40. The number of aromatic amines is 1. The lowest BCUT2D eigenvalue weighted by Crippen LogP contribution is -2.23. The van der Waals surface area contributed by atoms with Crippen LogP contribution in [0.1, 0.15) is 12.8 Å². The number of aromatic nitrogens is 2. The zero-order valence-corrected chi connectivity index (χ0v) is 12.5. The molecule has 5 nitrogen and oxygen atoms in total. The maximum atomic E-state index is 12.1. The summed E-state index contributed by atoms with van der Waals surface area (Å²) in [6.07, 6.45) is 1.52. The van der Waals surface area contributed by atoms with Gasteiger partial charge in [-0.1, -0.05) is 12.1 Å². The first-order valence-corrected chi connectivity index (χ1v) is 7.62. The standard InChI is InChI=1S/C18H15N3O2/c22-16-6-3-11-21(16)13-9-7-12(8-10-13)17-19-15-5-2-1-4-14(15)18(23)20-17/h1-2,4-5,7-10H,3,6,11H2,(H,19,20,23). The Morgan fingerprint density at radius 3 is 2.52 bits per heavy atom. The number of para-hydroxylation sites is 1. The van der Waals surface area contributed by atoms with Gasteiger partial charge in [-0.15, -0.1) is 0 Å². The van der Waals surface area contributed by atoms with Crippen LogP contribution >= 0.6 is 0 Å². The van der Waals surface area contributed by atoms with Crippen LogP contribution in [0.25, 0.3) is 22.3 Å². The van der Waals surface area contributed by atoms with E-state index in [0.717, 1.165) is 24.2 Å². The Labute approximate surface area is 132 Å². The van der Waals surface area contributed by atoms with Gasteiger partial charge in [0.2, 0.25) is 5.91 Å². The maximum absolute atomic E-state index is 12.1. The molecule has 3 aromatic rings. The fourth-order valence-corrected chi connectivity index (χ4v) is 2.94. The molecular weight excluding hydrogens is 290 g/mol. The van der Waals surface area contributed by atoms with Gasteiger partial charge in [0.25, 0.3) is 5.56 Å². The molecule has 1 N–H and O–H groups in total. The second-order valence-electron chi connectivity index (χ2n) is 5.63. The summed E-state index contributed by atoms with van der Waals surface area (Å²) in [5.41, 5.74) is 2.23. The number of anilines is 1. The normalized spacial score (nSPS) is 14.6. The largest absolute Gasteiger partial charge is 0.312 e. The topological polar surface area (TPSA) is 66.1 Å². The molecule has 0 unspecified atom stereocenters. The van der Waals surface area contributed by atoms with Crippen molar-refractivity contribution in [1.82, 2.24) is 9.97 Å². The Balaban J connectivity index is 1.73. The molecule has 1 amide bonds. The van der Waals surface area contributed by atoms with Crippen molar-refractivity contribution in [2.24, 2.45) is 0 Å². The number of H-pyrrole nitrogens is 1. The van der Waals surface area contributed by atoms with E-state index < -0.39 is 0 Å². The summed E-state index contributed by atoms with van der Waals surface area (Å²) in [5.74, 6) is 0.697. The summed E-state index contributed by atoms with van der Waals surface area (Å²) in [4.78, 5) is 33.1. The number of hydrogen-bond acceptors (Lipinski definition) is 3. The number of benzene rings is 2. The molecule has 0 spiro atoms. The van der Waals surface area contributed by atoms with Crippen molar-refractivity contribution in [3.63, 3.8) is 0 Å². The highest BCUT2D eigenvalue weighted by Gasteiger charge is 2.21. The van der Waals surface area contributed by atoms with Crippen molar-refractivity contribution in [1.29, 1.82) is 0 Å². The van der Waals surface area contributed by atoms with Gasteiger partial charge in [-0.05, 0) is 42.8 Å². The number of amides is 1. The highest BCUT2D eigenvalue weighted by atomic mass is 16.2. The lowest BCUT2D eigenvalue weighted by molar-refractivity contribution is -0.117. The minimum absolute atomic E-state index is 0.149. The van der Waals surface area contributed by atoms with Crippen LogP contribution in [0.4, 0.5) is 5.69 Å². The number of fused-ring (bicyclic) bond motifs is 1. The summed E-state index contributed by atoms with van der Waals surface area (Å²) in [6, 6.07) is 14.8. The average Bonchev–Trinajstić information content (AvgIpc) is 3.01. The van der Waals surface area contributed by atoms with Gasteiger partial charge < -0.3 is 9.88 Å². The van der Waals surface area contributed by atoms with Crippen LogP contribution in [0.3, 0.4) is 0 Å². The second-order valence-corrected chi connectivity index (χ2v) is 5.63. The molecule has 0 atom stereocenters. The Bertz CT molecular complexity index is 944. The van der Waals surface area contributed by atoms with E-state index in [-0.39, 0.29) is 11.5 Å². The molecule has 1 saturated heterocycles. The van der Waals surface area contributed by atoms with Crippen LogP contribution in [0, 0.1) is 0 Å². The van der Waals surface area contributed by atoms with Gasteiger partial charge >= 0.3 is 0 Å². The highest BCUT2D eigenvalue weighted by molar-refractivity contribution is 5.95. The smallest absolute Gasteiger partial charge is 0.259 e. The minimum atomic E-state index is -0.149. The summed E-state index contributed by atoms with van der Waals surface area (Å²) in [6.45, 7) is 0.767. The third-order valence-corrected chi connectivity index (χ3v) is 4.14. The fourth-order valence-electron chi connectivity index (χ4n) is 2.94. The van der Waals surface area contributed by atoms with Crippen molar-refractivity contribution in [2.75, 3.05) is 11.4 Å². The number of hydrogen-bond donors (Lipinski definition) is 1. The molecule has 0 aliphatic carbocycles. The highest BCUT2D eigenvalue weighted by Crippen LogP contribution is 2.24.